The predicted octanol–water partition coefficient (Wildman–Crippen LogP) is 3.38. The van der Waals surface area contributed by atoms with Crippen LogP contribution in [0.1, 0.15) is 0 Å². The third kappa shape index (κ3) is 19.8. The van der Waals surface area contributed by atoms with E-state index in [1.807, 2.05) is 0 Å². The first-order chi connectivity index (χ1) is 2.00. The van der Waals surface area contributed by atoms with Crippen LogP contribution >= 0.6 is 47.6 Å². The molecule has 0 atom stereocenters. The Labute approximate surface area is 57.8 Å². The van der Waals surface area contributed by atoms with Gasteiger partial charge in [0.2, 0.25) is 0 Å². The summed E-state index contributed by atoms with van der Waals surface area (Å²) in [6.45, 7) is 0. The summed E-state index contributed by atoms with van der Waals surface area (Å²) in [5.41, 5.74) is 0. The van der Waals surface area contributed by atoms with E-state index >= 15 is 0 Å². The van der Waals surface area contributed by atoms with Crippen LogP contribution in [0.15, 0.2) is 0 Å². The van der Waals surface area contributed by atoms with Gasteiger partial charge in [0.1, 0.15) is 0 Å². The van der Waals surface area contributed by atoms with Crippen LogP contribution in [0.3, 0.4) is 0 Å². The molecule has 0 fully saturated rings. The summed E-state index contributed by atoms with van der Waals surface area (Å²) in [7, 11) is 0. The summed E-state index contributed by atoms with van der Waals surface area (Å²) in [6, 6.07) is 0. The molecule has 0 rings (SSSR count). The second kappa shape index (κ2) is 3.00. The molecule has 0 unspecified atom stereocenters. The SMILES string of the molecule is [Br][Hg-2]([Br])([Br])[Br]. The van der Waals surface area contributed by atoms with Gasteiger partial charge in [-0.1, -0.05) is 0 Å². The molecule has 5 heteroatoms. The predicted molar refractivity (Wildman–Crippen MR) is 35.7 cm³/mol. The normalized spacial score (nSPS) is 12.0. The maximum atomic E-state index is 3.36. The van der Waals surface area contributed by atoms with Crippen molar-refractivity contribution >= 4 is 47.6 Å². The Balaban J connectivity index is 3.02. The van der Waals surface area contributed by atoms with Gasteiger partial charge in [-0.25, -0.2) is 0 Å². The van der Waals surface area contributed by atoms with Crippen molar-refractivity contribution in [1.82, 2.24) is 0 Å². The van der Waals surface area contributed by atoms with Crippen molar-refractivity contribution in [2.75, 3.05) is 0 Å². The molecule has 0 aromatic carbocycles. The average molecular weight is 520 g/mol. The molecule has 0 bridgehead atoms. The van der Waals surface area contributed by atoms with Gasteiger partial charge in [-0.05, 0) is 0 Å². The molecule has 5 heavy (non-hydrogen) atoms. The zero-order valence-electron chi connectivity index (χ0n) is 2.22. The van der Waals surface area contributed by atoms with Crippen LogP contribution in [-0.4, -0.2) is 0 Å². The fraction of sp³-hybridized carbons (Fsp3) is 0. The van der Waals surface area contributed by atoms with Gasteiger partial charge < -0.3 is 0 Å². The number of hydrogen-bond donors (Lipinski definition) is 0. The molecule has 0 N–H and O–H groups in total. The average Bonchev–Trinajstić information content (AvgIpc) is 0.722. The van der Waals surface area contributed by atoms with Gasteiger partial charge in [0.05, 0.1) is 0 Å². The van der Waals surface area contributed by atoms with E-state index in [1.165, 1.54) is 0 Å². The van der Waals surface area contributed by atoms with Crippen molar-refractivity contribution in [3.05, 3.63) is 0 Å². The zero-order chi connectivity index (χ0) is 4.50. The molecule has 0 heterocycles. The van der Waals surface area contributed by atoms with Gasteiger partial charge in [0, 0.05) is 0 Å². The maximum absolute atomic E-state index is 3.36. The van der Waals surface area contributed by atoms with E-state index in [-0.39, 0.29) is 0 Å². The van der Waals surface area contributed by atoms with E-state index < -0.39 is 11.8 Å². The summed E-state index contributed by atoms with van der Waals surface area (Å²) in [5, 5.41) is 0. The Morgan fingerprint density at radius 2 is 0.800 bits per heavy atom. The molecule has 0 saturated carbocycles. The fourth-order valence-electron chi connectivity index (χ4n) is 0. The second-order valence-electron chi connectivity index (χ2n) is 0.606. The van der Waals surface area contributed by atoms with Gasteiger partial charge >= 0.3 is 59.4 Å². The van der Waals surface area contributed by atoms with Gasteiger partial charge in [0.15, 0.2) is 0 Å². The molecule has 0 aliphatic carbocycles. The van der Waals surface area contributed by atoms with Gasteiger partial charge in [-0.2, -0.15) is 0 Å². The Morgan fingerprint density at radius 1 is 0.800 bits per heavy atom. The second-order valence-corrected chi connectivity index (χ2v) is 144. The van der Waals surface area contributed by atoms with E-state index in [4.69, 9.17) is 0 Å². The first-order valence-corrected chi connectivity index (χ1v) is 48.7. The Hall–Kier alpha value is 2.86. The Morgan fingerprint density at radius 3 is 0.800 bits per heavy atom. The van der Waals surface area contributed by atoms with Gasteiger partial charge in [0.25, 0.3) is 0 Å². The molecule has 0 nitrogen and oxygen atoms in total. The van der Waals surface area contributed by atoms with Crippen molar-refractivity contribution in [2.24, 2.45) is 0 Å². The van der Waals surface area contributed by atoms with E-state index in [2.05, 4.69) is 47.6 Å². The molecule has 0 aromatic rings. The molecular formula is Br4Hg-2. The minimum absolute atomic E-state index is 2.14. The van der Waals surface area contributed by atoms with Crippen molar-refractivity contribution in [3.63, 3.8) is 0 Å². The van der Waals surface area contributed by atoms with Crippen LogP contribution in [0.2, 0.25) is 0 Å². The fourth-order valence-corrected chi connectivity index (χ4v) is 0. The monoisotopic (exact) mass is 518 g/mol. The van der Waals surface area contributed by atoms with E-state index in [1.54, 1.807) is 0 Å². The standard InChI is InChI=1S/4BrH.Hg/h4*1H;/q;;;;+2/p-4. The first-order valence-electron chi connectivity index (χ1n) is 1.07. The molecule has 0 radical (unpaired) electrons. The van der Waals surface area contributed by atoms with Gasteiger partial charge in [-0.15, -0.1) is 0 Å². The summed E-state index contributed by atoms with van der Waals surface area (Å²) in [5.74, 6) is 0. The van der Waals surface area contributed by atoms with Crippen LogP contribution in [0.5, 0.6) is 0 Å². The molecule has 0 aromatic heterocycles. The molecular weight excluding hydrogens is 520 g/mol. The van der Waals surface area contributed by atoms with Crippen LogP contribution in [-0.2, 0) is 11.8 Å². The van der Waals surface area contributed by atoms with Crippen LogP contribution in [0.25, 0.3) is 0 Å². The number of hydrogen-bond acceptors (Lipinski definition) is 0. The van der Waals surface area contributed by atoms with Crippen molar-refractivity contribution < 1.29 is 11.8 Å². The van der Waals surface area contributed by atoms with Crippen LogP contribution in [0, 0.1) is 0 Å². The zero-order valence-corrected chi connectivity index (χ0v) is 14.1. The third-order valence-electron chi connectivity index (χ3n) is 0. The quantitative estimate of drug-likeness (QED) is 0.430. The van der Waals surface area contributed by atoms with Gasteiger partial charge in [-0.3, -0.25) is 0 Å². The van der Waals surface area contributed by atoms with Crippen molar-refractivity contribution in [2.45, 2.75) is 0 Å². The van der Waals surface area contributed by atoms with Crippen molar-refractivity contribution in [3.8, 4) is 0 Å². The van der Waals surface area contributed by atoms with Crippen LogP contribution < -0.4 is 0 Å². The molecule has 0 aliphatic rings. The topological polar surface area (TPSA) is 0 Å². The summed E-state index contributed by atoms with van der Waals surface area (Å²) in [6.07, 6.45) is 0. The van der Waals surface area contributed by atoms with Crippen LogP contribution in [0.4, 0.5) is 0 Å². The molecule has 0 amide bonds. The first kappa shape index (κ1) is 7.86. The molecule has 32 valence electrons. The summed E-state index contributed by atoms with van der Waals surface area (Å²) >= 11 is 11.3. The minimum atomic E-state index is -2.14. The Kier molecular flexibility index (Phi) is 4.71. The van der Waals surface area contributed by atoms with E-state index in [9.17, 15) is 0 Å². The number of halogens is 4. The Bertz CT molecular complexity index is 19.1. The van der Waals surface area contributed by atoms with E-state index in [0.717, 1.165) is 0 Å². The molecule has 0 spiro atoms. The number of rotatable bonds is 0. The summed E-state index contributed by atoms with van der Waals surface area (Å²) in [4.78, 5) is 0. The van der Waals surface area contributed by atoms with E-state index in [0.29, 0.717) is 0 Å². The third-order valence-corrected chi connectivity index (χ3v) is 0. The molecule has 0 saturated heterocycles. The molecule has 0 aliphatic heterocycles. The van der Waals surface area contributed by atoms with Crippen molar-refractivity contribution in [1.29, 1.82) is 0 Å². The summed E-state index contributed by atoms with van der Waals surface area (Å²) < 4.78 is 0.